The van der Waals surface area contributed by atoms with Gasteiger partial charge in [0.05, 0.1) is 22.7 Å². The number of rotatable bonds is 7. The molecule has 0 spiro atoms. The van der Waals surface area contributed by atoms with E-state index in [-0.39, 0.29) is 39.7 Å². The van der Waals surface area contributed by atoms with Crippen LogP contribution >= 0.6 is 22.9 Å². The zero-order valence-electron chi connectivity index (χ0n) is 16.6. The molecule has 32 heavy (non-hydrogen) atoms. The molecule has 166 valence electrons. The molecule has 0 bridgehead atoms. The van der Waals surface area contributed by atoms with Gasteiger partial charge in [0.1, 0.15) is 21.2 Å². The van der Waals surface area contributed by atoms with Crippen molar-refractivity contribution in [2.75, 3.05) is 5.32 Å². The fourth-order valence-electron chi connectivity index (χ4n) is 3.17. The zero-order chi connectivity index (χ0) is 23.0. The highest BCUT2D eigenvalue weighted by Crippen LogP contribution is 2.42. The number of carbonyl (C=O) groups excluding carboxylic acids is 2. The Kier molecular flexibility index (Phi) is 5.94. The van der Waals surface area contributed by atoms with Gasteiger partial charge in [0.25, 0.3) is 12.3 Å². The summed E-state index contributed by atoms with van der Waals surface area (Å²) in [6, 6.07) is 4.36. The highest BCUT2D eigenvalue weighted by atomic mass is 35.5. The molecule has 4 aromatic rings. The Hall–Kier alpha value is -3.31. The minimum Gasteiger partial charge on any atom is -0.464 e. The average Bonchev–Trinajstić information content (AvgIpc) is 3.46. The van der Waals surface area contributed by atoms with Crippen molar-refractivity contribution in [3.8, 4) is 11.3 Å². The van der Waals surface area contributed by atoms with Crippen LogP contribution in [-0.2, 0) is 11.3 Å². The Morgan fingerprint density at radius 2 is 2.19 bits per heavy atom. The number of pyridine rings is 1. The van der Waals surface area contributed by atoms with Gasteiger partial charge in [0.15, 0.2) is 0 Å². The number of nitrogens with one attached hydrogen (secondary N) is 1. The van der Waals surface area contributed by atoms with E-state index in [1.165, 1.54) is 17.0 Å². The normalized spacial score (nSPS) is 11.4. The van der Waals surface area contributed by atoms with Crippen molar-refractivity contribution < 1.29 is 22.8 Å². The van der Waals surface area contributed by atoms with Gasteiger partial charge in [0.2, 0.25) is 5.91 Å². The summed E-state index contributed by atoms with van der Waals surface area (Å²) in [6.45, 7) is 1.98. The fourth-order valence-corrected chi connectivity index (χ4v) is 4.34. The lowest BCUT2D eigenvalue weighted by Crippen LogP contribution is -2.18. The number of aromatic nitrogens is 3. The number of nitrogens with two attached hydrogens (primary N) is 1. The summed E-state index contributed by atoms with van der Waals surface area (Å²) >= 11 is 6.81. The number of hydrogen-bond acceptors (Lipinski definition) is 6. The number of amides is 2. The average molecular weight is 480 g/mol. The highest BCUT2D eigenvalue weighted by Gasteiger charge is 2.25. The van der Waals surface area contributed by atoms with Crippen LogP contribution in [-0.4, -0.2) is 26.6 Å². The van der Waals surface area contributed by atoms with Gasteiger partial charge >= 0.3 is 0 Å². The summed E-state index contributed by atoms with van der Waals surface area (Å²) in [5, 5.41) is 7.65. The van der Waals surface area contributed by atoms with Crippen molar-refractivity contribution >= 4 is 50.7 Å². The van der Waals surface area contributed by atoms with Crippen molar-refractivity contribution in [3.63, 3.8) is 0 Å². The van der Waals surface area contributed by atoms with E-state index in [2.05, 4.69) is 15.4 Å². The number of primary amides is 1. The number of hydrogen-bond donors (Lipinski definition) is 2. The minimum atomic E-state index is -2.84. The van der Waals surface area contributed by atoms with Gasteiger partial charge in [-0.05, 0) is 25.1 Å². The maximum atomic E-state index is 13.4. The van der Waals surface area contributed by atoms with Gasteiger partial charge in [-0.3, -0.25) is 14.3 Å². The molecule has 0 saturated heterocycles. The van der Waals surface area contributed by atoms with E-state index >= 15 is 0 Å². The first-order chi connectivity index (χ1) is 15.2. The molecule has 4 aromatic heterocycles. The summed E-state index contributed by atoms with van der Waals surface area (Å²) < 4.78 is 33.8. The summed E-state index contributed by atoms with van der Waals surface area (Å²) in [5.74, 6) is -0.966. The van der Waals surface area contributed by atoms with Crippen LogP contribution in [0.15, 0.2) is 35.1 Å². The van der Waals surface area contributed by atoms with Gasteiger partial charge in [-0.1, -0.05) is 11.6 Å². The van der Waals surface area contributed by atoms with Crippen molar-refractivity contribution in [1.82, 2.24) is 14.8 Å². The molecule has 0 aliphatic rings. The molecule has 3 N–H and O–H groups in total. The molecule has 0 atom stereocenters. The number of anilines is 1. The number of carbonyl (C=O) groups is 2. The largest absolute Gasteiger partial charge is 0.464 e. The number of alkyl halides is 2. The highest BCUT2D eigenvalue weighted by molar-refractivity contribution is 7.21. The lowest BCUT2D eigenvalue weighted by atomic mass is 10.1. The second-order valence-electron chi connectivity index (χ2n) is 6.85. The summed E-state index contributed by atoms with van der Waals surface area (Å²) in [6.07, 6.45) is 0.172. The summed E-state index contributed by atoms with van der Waals surface area (Å²) in [7, 11) is 0. The van der Waals surface area contributed by atoms with E-state index in [9.17, 15) is 18.4 Å². The van der Waals surface area contributed by atoms with E-state index in [0.717, 1.165) is 11.3 Å². The van der Waals surface area contributed by atoms with Gasteiger partial charge in [0, 0.05) is 30.1 Å². The maximum absolute atomic E-state index is 13.4. The van der Waals surface area contributed by atoms with Crippen LogP contribution in [0.4, 0.5) is 14.5 Å². The first-order valence-corrected chi connectivity index (χ1v) is 10.5. The molecule has 4 rings (SSSR count). The third-order valence-corrected chi connectivity index (χ3v) is 6.10. The molecule has 0 aromatic carbocycles. The Labute approximate surface area is 189 Å². The fraction of sp³-hybridized carbons (Fsp3) is 0.200. The van der Waals surface area contributed by atoms with Crippen molar-refractivity contribution in [3.05, 3.63) is 51.9 Å². The molecule has 4 heterocycles. The monoisotopic (exact) mass is 479 g/mol. The van der Waals surface area contributed by atoms with E-state index in [0.29, 0.717) is 16.1 Å². The van der Waals surface area contributed by atoms with Crippen molar-refractivity contribution in [1.29, 1.82) is 0 Å². The molecule has 8 nitrogen and oxygen atoms in total. The van der Waals surface area contributed by atoms with Crippen molar-refractivity contribution in [2.45, 2.75) is 26.3 Å². The first-order valence-electron chi connectivity index (χ1n) is 9.33. The summed E-state index contributed by atoms with van der Waals surface area (Å²) in [4.78, 5) is 28.8. The minimum absolute atomic E-state index is 0.00181. The number of halogens is 3. The van der Waals surface area contributed by atoms with Gasteiger partial charge in [-0.25, -0.2) is 13.8 Å². The van der Waals surface area contributed by atoms with Gasteiger partial charge in [-0.2, -0.15) is 5.10 Å². The first kappa shape index (κ1) is 21.9. The lowest BCUT2D eigenvalue weighted by Gasteiger charge is -2.09. The van der Waals surface area contributed by atoms with Gasteiger partial charge in [-0.15, -0.1) is 11.3 Å². The Morgan fingerprint density at radius 3 is 2.78 bits per heavy atom. The summed E-state index contributed by atoms with van der Waals surface area (Å²) in [5.41, 5.74) is 6.03. The molecule has 0 saturated carbocycles. The lowest BCUT2D eigenvalue weighted by molar-refractivity contribution is -0.116. The quantitative estimate of drug-likeness (QED) is 0.395. The molecule has 0 aliphatic carbocycles. The van der Waals surface area contributed by atoms with Crippen LogP contribution in [0.2, 0.25) is 5.02 Å². The maximum Gasteiger partial charge on any atom is 0.280 e. The standard InChI is InChI=1S/C20H16ClF2N5O3S/c1-9-11(21)8-28(27-9)5-4-14(29)26-16-15-10(13-3-2-6-31-13)7-12(18(22)23)25-20(15)32-17(16)19(24)30/h2-3,6-8,18H,4-5H2,1H3,(H2,24,30)(H,26,29). The van der Waals surface area contributed by atoms with E-state index in [4.69, 9.17) is 21.8 Å². The van der Waals surface area contributed by atoms with E-state index < -0.39 is 23.9 Å². The predicted molar refractivity (Wildman–Crippen MR) is 116 cm³/mol. The third-order valence-electron chi connectivity index (χ3n) is 4.63. The van der Waals surface area contributed by atoms with Crippen LogP contribution in [0, 0.1) is 6.92 Å². The molecular weight excluding hydrogens is 464 g/mol. The molecule has 0 aliphatic heterocycles. The van der Waals surface area contributed by atoms with Crippen LogP contribution in [0.3, 0.4) is 0 Å². The van der Waals surface area contributed by atoms with Crippen LogP contribution in [0.1, 0.15) is 33.9 Å². The predicted octanol–water partition coefficient (Wildman–Crippen LogP) is 4.78. The molecule has 2 amide bonds. The third kappa shape index (κ3) is 4.21. The molecule has 0 unspecified atom stereocenters. The topological polar surface area (TPSA) is 116 Å². The van der Waals surface area contributed by atoms with E-state index in [1.54, 1.807) is 25.3 Å². The van der Waals surface area contributed by atoms with Crippen LogP contribution in [0.5, 0.6) is 0 Å². The number of furan rings is 1. The number of aryl methyl sites for hydroxylation is 2. The second-order valence-corrected chi connectivity index (χ2v) is 8.25. The number of nitrogens with zero attached hydrogens (tertiary/aromatic N) is 3. The van der Waals surface area contributed by atoms with Crippen molar-refractivity contribution in [2.24, 2.45) is 5.73 Å². The van der Waals surface area contributed by atoms with Crippen LogP contribution < -0.4 is 11.1 Å². The Bertz CT molecular complexity index is 1300. The van der Waals surface area contributed by atoms with E-state index in [1.807, 2.05) is 0 Å². The molecular formula is C20H16ClF2N5O3S. The molecule has 0 fully saturated rings. The van der Waals surface area contributed by atoms with Gasteiger partial charge < -0.3 is 15.5 Å². The Morgan fingerprint density at radius 1 is 1.41 bits per heavy atom. The second kappa shape index (κ2) is 8.67. The Balaban J connectivity index is 1.74. The zero-order valence-corrected chi connectivity index (χ0v) is 18.1. The smallest absolute Gasteiger partial charge is 0.280 e. The number of thiophene rings is 1. The van der Waals surface area contributed by atoms with Crippen LogP contribution in [0.25, 0.3) is 21.5 Å². The molecule has 12 heteroatoms. The number of fused-ring (bicyclic) bond motifs is 1. The SMILES string of the molecule is Cc1nn(CCC(=O)Nc2c(C(N)=O)sc3nc(C(F)F)cc(-c4ccco4)c23)cc1Cl. The molecule has 0 radical (unpaired) electrons.